The van der Waals surface area contributed by atoms with Crippen LogP contribution in [0.2, 0.25) is 0 Å². The minimum absolute atomic E-state index is 0.226. The van der Waals surface area contributed by atoms with Gasteiger partial charge in [-0.05, 0) is 31.7 Å². The molecule has 106 valence electrons. The van der Waals surface area contributed by atoms with Gasteiger partial charge >= 0.3 is 0 Å². The van der Waals surface area contributed by atoms with Crippen LogP contribution in [0.3, 0.4) is 0 Å². The Kier molecular flexibility index (Phi) is 3.83. The zero-order valence-electron chi connectivity index (χ0n) is 12.1. The van der Waals surface area contributed by atoms with Crippen molar-refractivity contribution in [2.75, 3.05) is 0 Å². The van der Waals surface area contributed by atoms with E-state index in [1.165, 1.54) is 5.56 Å². The van der Waals surface area contributed by atoms with E-state index in [1.54, 1.807) is 0 Å². The van der Waals surface area contributed by atoms with Crippen LogP contribution in [0.1, 0.15) is 31.1 Å². The molecule has 2 heterocycles. The van der Waals surface area contributed by atoms with E-state index in [9.17, 15) is 0 Å². The fourth-order valence-corrected chi connectivity index (χ4v) is 2.75. The van der Waals surface area contributed by atoms with Gasteiger partial charge in [0.05, 0.1) is 6.10 Å². The standard InChI is InChI=1S/C16H21N3O/c1-12(2)20-11-16-18-17-15-9-14(10-19(15)16)8-13-6-4-3-5-7-13/h3-7,12,14H,8-11H2,1-2H3. The van der Waals surface area contributed by atoms with Gasteiger partial charge in [-0.25, -0.2) is 0 Å². The molecule has 0 radical (unpaired) electrons. The largest absolute Gasteiger partial charge is 0.371 e. The molecule has 1 aromatic heterocycles. The summed E-state index contributed by atoms with van der Waals surface area (Å²) in [7, 11) is 0. The van der Waals surface area contributed by atoms with E-state index >= 15 is 0 Å². The summed E-state index contributed by atoms with van der Waals surface area (Å²) in [5, 5.41) is 8.54. The fraction of sp³-hybridized carbons (Fsp3) is 0.500. The summed E-state index contributed by atoms with van der Waals surface area (Å²) in [6.07, 6.45) is 2.35. The molecule has 4 nitrogen and oxygen atoms in total. The van der Waals surface area contributed by atoms with Crippen molar-refractivity contribution in [1.82, 2.24) is 14.8 Å². The first-order valence-corrected chi connectivity index (χ1v) is 7.29. The van der Waals surface area contributed by atoms with Gasteiger partial charge < -0.3 is 9.30 Å². The third-order valence-corrected chi connectivity index (χ3v) is 3.73. The van der Waals surface area contributed by atoms with E-state index < -0.39 is 0 Å². The minimum Gasteiger partial charge on any atom is -0.371 e. The third kappa shape index (κ3) is 2.90. The van der Waals surface area contributed by atoms with Crippen molar-refractivity contribution in [2.24, 2.45) is 5.92 Å². The molecule has 4 heteroatoms. The van der Waals surface area contributed by atoms with Crippen LogP contribution in [-0.2, 0) is 30.7 Å². The Hall–Kier alpha value is -1.68. The molecule has 2 aromatic rings. The lowest BCUT2D eigenvalue weighted by Crippen LogP contribution is -2.11. The average Bonchev–Trinajstić information content (AvgIpc) is 2.97. The maximum Gasteiger partial charge on any atom is 0.159 e. The molecule has 0 saturated heterocycles. The number of nitrogens with zero attached hydrogens (tertiary/aromatic N) is 3. The lowest BCUT2D eigenvalue weighted by Gasteiger charge is -2.10. The van der Waals surface area contributed by atoms with Gasteiger partial charge in [-0.3, -0.25) is 0 Å². The highest BCUT2D eigenvalue weighted by atomic mass is 16.5. The maximum atomic E-state index is 5.64. The number of hydrogen-bond donors (Lipinski definition) is 0. The first kappa shape index (κ1) is 13.3. The van der Waals surface area contributed by atoms with E-state index in [4.69, 9.17) is 4.74 Å². The first-order valence-electron chi connectivity index (χ1n) is 7.29. The molecule has 0 bridgehead atoms. The lowest BCUT2D eigenvalue weighted by molar-refractivity contribution is 0.0592. The molecule has 1 aliphatic rings. The third-order valence-electron chi connectivity index (χ3n) is 3.73. The molecule has 1 aromatic carbocycles. The van der Waals surface area contributed by atoms with Gasteiger partial charge in [-0.2, -0.15) is 0 Å². The van der Waals surface area contributed by atoms with Crippen LogP contribution >= 0.6 is 0 Å². The van der Waals surface area contributed by atoms with Crippen LogP contribution in [-0.4, -0.2) is 20.9 Å². The van der Waals surface area contributed by atoms with E-state index in [0.717, 1.165) is 31.0 Å². The lowest BCUT2D eigenvalue weighted by atomic mass is 9.98. The van der Waals surface area contributed by atoms with Crippen molar-refractivity contribution < 1.29 is 4.74 Å². The molecule has 1 aliphatic heterocycles. The maximum absolute atomic E-state index is 5.64. The molecule has 20 heavy (non-hydrogen) atoms. The second kappa shape index (κ2) is 5.75. The summed E-state index contributed by atoms with van der Waals surface area (Å²) in [5.74, 6) is 2.69. The molecular formula is C16H21N3O. The Morgan fingerprint density at radius 2 is 2.05 bits per heavy atom. The predicted octanol–water partition coefficient (Wildman–Crippen LogP) is 2.62. The minimum atomic E-state index is 0.226. The number of hydrogen-bond acceptors (Lipinski definition) is 3. The fourth-order valence-electron chi connectivity index (χ4n) is 2.75. The number of ether oxygens (including phenoxy) is 1. The summed E-state index contributed by atoms with van der Waals surface area (Å²) in [6.45, 7) is 5.65. The highest BCUT2D eigenvalue weighted by Gasteiger charge is 2.26. The molecule has 0 aliphatic carbocycles. The molecule has 1 atom stereocenters. The van der Waals surface area contributed by atoms with Crippen LogP contribution in [0.5, 0.6) is 0 Å². The van der Waals surface area contributed by atoms with Crippen LogP contribution in [0, 0.1) is 5.92 Å². The predicted molar refractivity (Wildman–Crippen MR) is 77.3 cm³/mol. The molecule has 0 fully saturated rings. The normalized spacial score (nSPS) is 17.6. The van der Waals surface area contributed by atoms with Crippen molar-refractivity contribution in [3.8, 4) is 0 Å². The average molecular weight is 271 g/mol. The summed E-state index contributed by atoms with van der Waals surface area (Å²) < 4.78 is 7.87. The molecule has 1 unspecified atom stereocenters. The summed E-state index contributed by atoms with van der Waals surface area (Å²) in [5.41, 5.74) is 1.40. The molecule has 0 saturated carbocycles. The zero-order valence-corrected chi connectivity index (χ0v) is 12.1. The van der Waals surface area contributed by atoms with E-state index in [-0.39, 0.29) is 6.10 Å². The highest BCUT2D eigenvalue weighted by molar-refractivity contribution is 5.16. The first-order chi connectivity index (χ1) is 9.72. The smallest absolute Gasteiger partial charge is 0.159 e. The number of rotatable bonds is 5. The Morgan fingerprint density at radius 1 is 1.25 bits per heavy atom. The van der Waals surface area contributed by atoms with Crippen LogP contribution in [0.4, 0.5) is 0 Å². The van der Waals surface area contributed by atoms with Gasteiger partial charge in [0.15, 0.2) is 5.82 Å². The monoisotopic (exact) mass is 271 g/mol. The number of fused-ring (bicyclic) bond motifs is 1. The van der Waals surface area contributed by atoms with Crippen molar-refractivity contribution in [2.45, 2.75) is 45.9 Å². The van der Waals surface area contributed by atoms with Gasteiger partial charge in [-0.15, -0.1) is 10.2 Å². The summed E-state index contributed by atoms with van der Waals surface area (Å²) >= 11 is 0. The quantitative estimate of drug-likeness (QED) is 0.839. The van der Waals surface area contributed by atoms with Crippen molar-refractivity contribution in [3.63, 3.8) is 0 Å². The SMILES string of the molecule is CC(C)OCc1nnc2n1CC(Cc1ccccc1)C2. The summed E-state index contributed by atoms with van der Waals surface area (Å²) in [6, 6.07) is 10.7. The van der Waals surface area contributed by atoms with Gasteiger partial charge in [0.2, 0.25) is 0 Å². The van der Waals surface area contributed by atoms with E-state index in [1.807, 2.05) is 13.8 Å². The second-order valence-electron chi connectivity index (χ2n) is 5.76. The Bertz CT molecular complexity index is 562. The number of benzene rings is 1. The second-order valence-corrected chi connectivity index (χ2v) is 5.76. The van der Waals surface area contributed by atoms with Crippen molar-refractivity contribution in [3.05, 3.63) is 47.5 Å². The van der Waals surface area contributed by atoms with Gasteiger partial charge in [0, 0.05) is 13.0 Å². The van der Waals surface area contributed by atoms with E-state index in [2.05, 4.69) is 45.1 Å². The zero-order chi connectivity index (χ0) is 13.9. The van der Waals surface area contributed by atoms with E-state index in [0.29, 0.717) is 12.5 Å². The van der Waals surface area contributed by atoms with Crippen LogP contribution in [0.15, 0.2) is 30.3 Å². The summed E-state index contributed by atoms with van der Waals surface area (Å²) in [4.78, 5) is 0. The van der Waals surface area contributed by atoms with Crippen molar-refractivity contribution >= 4 is 0 Å². The Balaban J connectivity index is 1.64. The molecule has 3 rings (SSSR count). The molecule has 0 amide bonds. The topological polar surface area (TPSA) is 39.9 Å². The Morgan fingerprint density at radius 3 is 2.80 bits per heavy atom. The molecule has 0 spiro atoms. The van der Waals surface area contributed by atoms with Crippen LogP contribution in [0.25, 0.3) is 0 Å². The number of aromatic nitrogens is 3. The van der Waals surface area contributed by atoms with Crippen LogP contribution < -0.4 is 0 Å². The highest BCUT2D eigenvalue weighted by Crippen LogP contribution is 2.24. The molecular weight excluding hydrogens is 250 g/mol. The molecule has 0 N–H and O–H groups in total. The van der Waals surface area contributed by atoms with Crippen molar-refractivity contribution in [1.29, 1.82) is 0 Å². The van der Waals surface area contributed by atoms with Gasteiger partial charge in [0.25, 0.3) is 0 Å². The van der Waals surface area contributed by atoms with Gasteiger partial charge in [-0.1, -0.05) is 30.3 Å². The van der Waals surface area contributed by atoms with Gasteiger partial charge in [0.1, 0.15) is 12.4 Å². The Labute approximate surface area is 119 Å².